The maximum absolute atomic E-state index is 14.8. The van der Waals surface area contributed by atoms with Crippen molar-refractivity contribution in [3.8, 4) is 0 Å². The van der Waals surface area contributed by atoms with Crippen LogP contribution >= 0.6 is 0 Å². The fourth-order valence-electron chi connectivity index (χ4n) is 4.16. The molecule has 0 spiro atoms. The highest BCUT2D eigenvalue weighted by Gasteiger charge is 2.42. The van der Waals surface area contributed by atoms with Crippen LogP contribution in [0.25, 0.3) is 0 Å². The number of hydrogen-bond acceptors (Lipinski definition) is 1. The van der Waals surface area contributed by atoms with Crippen LogP contribution in [0.4, 0.5) is 31.1 Å². The Kier molecular flexibility index (Phi) is 9.23. The molecule has 198 valence electrons. The Labute approximate surface area is 211 Å². The van der Waals surface area contributed by atoms with E-state index in [9.17, 15) is 31.1 Å². The number of carbonyl (C=O) groups excluding carboxylic acids is 1. The minimum atomic E-state index is -4.38. The molecule has 0 heterocycles. The van der Waals surface area contributed by atoms with Gasteiger partial charge in [-0.15, -0.1) is 0 Å². The van der Waals surface area contributed by atoms with Crippen LogP contribution in [0, 0.1) is 11.6 Å². The third-order valence-electron chi connectivity index (χ3n) is 6.00. The number of benzene rings is 3. The third kappa shape index (κ3) is 7.27. The summed E-state index contributed by atoms with van der Waals surface area (Å²) in [4.78, 5) is 13.0. The van der Waals surface area contributed by atoms with Crippen molar-refractivity contribution in [2.45, 2.75) is 50.5 Å². The van der Waals surface area contributed by atoms with Gasteiger partial charge in [-0.2, -0.15) is 8.78 Å². The van der Waals surface area contributed by atoms with Crippen molar-refractivity contribution < 1.29 is 31.1 Å². The highest BCUT2D eigenvalue weighted by Crippen LogP contribution is 2.36. The van der Waals surface area contributed by atoms with Crippen molar-refractivity contribution >= 4 is 6.03 Å². The Bertz CT molecular complexity index is 1170. The first-order valence-electron chi connectivity index (χ1n) is 11.9. The Hall–Kier alpha value is -3.49. The van der Waals surface area contributed by atoms with E-state index < -0.39 is 42.0 Å². The fourth-order valence-corrected chi connectivity index (χ4v) is 4.16. The quantitative estimate of drug-likeness (QED) is 0.207. The van der Waals surface area contributed by atoms with E-state index in [1.165, 1.54) is 18.2 Å². The predicted molar refractivity (Wildman–Crippen MR) is 130 cm³/mol. The molecule has 0 unspecified atom stereocenters. The van der Waals surface area contributed by atoms with Gasteiger partial charge in [-0.05, 0) is 52.9 Å². The van der Waals surface area contributed by atoms with Gasteiger partial charge in [0, 0.05) is 19.4 Å². The summed E-state index contributed by atoms with van der Waals surface area (Å²) in [5.41, 5.74) is -0.825. The molecule has 0 radical (unpaired) electrons. The standard InChI is InChI=1S/C28H28F6N2O/c1-2-3-13-35-26(37)36-27(17-19-7-5-4-6-8-19,21-9-11-23(29)12-10-21)22-14-20(15-24(30)16-22)18-28(33,34)25(31)32/h4-12,14-16,25H,2-3,13,17-18H2,1H3,(H2,35,36,37)/t27-/m1/s1. The summed E-state index contributed by atoms with van der Waals surface area (Å²) in [5, 5.41) is 5.58. The van der Waals surface area contributed by atoms with Gasteiger partial charge < -0.3 is 10.6 Å². The van der Waals surface area contributed by atoms with E-state index in [1.54, 1.807) is 30.3 Å². The summed E-state index contributed by atoms with van der Waals surface area (Å²) in [6.07, 6.45) is -3.79. The van der Waals surface area contributed by atoms with E-state index in [2.05, 4.69) is 10.6 Å². The molecule has 0 aromatic heterocycles. The number of halogens is 6. The Morgan fingerprint density at radius 3 is 2.14 bits per heavy atom. The smallest absolute Gasteiger partial charge is 0.315 e. The van der Waals surface area contributed by atoms with Crippen molar-refractivity contribution in [1.29, 1.82) is 0 Å². The number of carbonyl (C=O) groups is 1. The highest BCUT2D eigenvalue weighted by molar-refractivity contribution is 5.76. The van der Waals surface area contributed by atoms with Crippen molar-refractivity contribution in [3.63, 3.8) is 0 Å². The molecule has 0 saturated heterocycles. The van der Waals surface area contributed by atoms with Crippen LogP contribution in [0.3, 0.4) is 0 Å². The van der Waals surface area contributed by atoms with Gasteiger partial charge in [0.1, 0.15) is 11.6 Å². The minimum Gasteiger partial charge on any atom is -0.338 e. The minimum absolute atomic E-state index is 0.0365. The summed E-state index contributed by atoms with van der Waals surface area (Å²) in [7, 11) is 0. The molecule has 0 fully saturated rings. The van der Waals surface area contributed by atoms with E-state index >= 15 is 0 Å². The molecule has 0 saturated carbocycles. The van der Waals surface area contributed by atoms with Gasteiger partial charge in [0.05, 0.1) is 5.54 Å². The summed E-state index contributed by atoms with van der Waals surface area (Å²) in [6, 6.07) is 16.3. The lowest BCUT2D eigenvalue weighted by molar-refractivity contribution is -0.127. The van der Waals surface area contributed by atoms with Gasteiger partial charge >= 0.3 is 18.4 Å². The van der Waals surface area contributed by atoms with Gasteiger partial charge in [0.15, 0.2) is 0 Å². The van der Waals surface area contributed by atoms with Crippen LogP contribution in [0.2, 0.25) is 0 Å². The van der Waals surface area contributed by atoms with Crippen molar-refractivity contribution in [3.05, 3.63) is 107 Å². The topological polar surface area (TPSA) is 41.1 Å². The van der Waals surface area contributed by atoms with Crippen LogP contribution < -0.4 is 10.6 Å². The molecule has 1 atom stereocenters. The molecule has 0 aliphatic heterocycles. The van der Waals surface area contributed by atoms with Crippen molar-refractivity contribution in [2.24, 2.45) is 0 Å². The van der Waals surface area contributed by atoms with Crippen LogP contribution in [0.1, 0.15) is 42.0 Å². The molecule has 2 N–H and O–H groups in total. The first kappa shape index (κ1) is 28.1. The zero-order valence-electron chi connectivity index (χ0n) is 20.2. The van der Waals surface area contributed by atoms with E-state index in [4.69, 9.17) is 0 Å². The third-order valence-corrected chi connectivity index (χ3v) is 6.00. The molecular formula is C28H28F6N2O. The summed E-state index contributed by atoms with van der Waals surface area (Å²) < 4.78 is 82.3. The van der Waals surface area contributed by atoms with Crippen LogP contribution in [-0.2, 0) is 18.4 Å². The molecule has 0 bridgehead atoms. The van der Waals surface area contributed by atoms with E-state index in [1.807, 2.05) is 6.92 Å². The number of alkyl halides is 4. The van der Waals surface area contributed by atoms with Gasteiger partial charge in [0.2, 0.25) is 0 Å². The molecule has 3 nitrogen and oxygen atoms in total. The van der Waals surface area contributed by atoms with Crippen LogP contribution in [0.5, 0.6) is 0 Å². The van der Waals surface area contributed by atoms with E-state index in [0.29, 0.717) is 24.1 Å². The normalized spacial score (nSPS) is 13.3. The predicted octanol–water partition coefficient (Wildman–Crippen LogP) is 6.99. The maximum Gasteiger partial charge on any atom is 0.315 e. The summed E-state index contributed by atoms with van der Waals surface area (Å²) in [5.74, 6) is -5.87. The molecule has 2 amide bonds. The van der Waals surface area contributed by atoms with Gasteiger partial charge in [0.25, 0.3) is 0 Å². The second kappa shape index (κ2) is 12.2. The molecule has 9 heteroatoms. The number of unbranched alkanes of at least 4 members (excludes halogenated alkanes) is 1. The first-order chi connectivity index (χ1) is 17.6. The monoisotopic (exact) mass is 522 g/mol. The summed E-state index contributed by atoms with van der Waals surface area (Å²) in [6.45, 7) is 2.30. The number of nitrogens with one attached hydrogen (secondary N) is 2. The van der Waals surface area contributed by atoms with Crippen LogP contribution in [-0.4, -0.2) is 24.9 Å². The van der Waals surface area contributed by atoms with Gasteiger partial charge in [-0.1, -0.05) is 61.9 Å². The molecule has 3 aromatic carbocycles. The zero-order chi connectivity index (χ0) is 27.1. The average molecular weight is 523 g/mol. The van der Waals surface area contributed by atoms with Crippen molar-refractivity contribution in [2.75, 3.05) is 6.54 Å². The SMILES string of the molecule is CCCCNC(=O)N[C@](Cc1ccccc1)(c1ccc(F)cc1)c1cc(F)cc(CC(F)(F)C(F)F)c1. The van der Waals surface area contributed by atoms with E-state index in [0.717, 1.165) is 30.7 Å². The molecule has 37 heavy (non-hydrogen) atoms. The Morgan fingerprint density at radius 2 is 1.51 bits per heavy atom. The number of hydrogen-bond donors (Lipinski definition) is 2. The van der Waals surface area contributed by atoms with Gasteiger partial charge in [-0.3, -0.25) is 0 Å². The maximum atomic E-state index is 14.8. The zero-order valence-corrected chi connectivity index (χ0v) is 20.2. The number of urea groups is 1. The largest absolute Gasteiger partial charge is 0.338 e. The van der Waals surface area contributed by atoms with Crippen LogP contribution in [0.15, 0.2) is 72.8 Å². The second-order valence-corrected chi connectivity index (χ2v) is 8.90. The molecule has 0 aliphatic carbocycles. The average Bonchev–Trinajstić information content (AvgIpc) is 2.84. The Morgan fingerprint density at radius 1 is 0.838 bits per heavy atom. The lowest BCUT2D eigenvalue weighted by Gasteiger charge is -2.37. The lowest BCUT2D eigenvalue weighted by atomic mass is 9.77. The highest BCUT2D eigenvalue weighted by atomic mass is 19.3. The number of amides is 2. The summed E-state index contributed by atoms with van der Waals surface area (Å²) >= 11 is 0. The second-order valence-electron chi connectivity index (χ2n) is 8.90. The molecule has 3 rings (SSSR count). The fraction of sp³-hybridized carbons (Fsp3) is 0.321. The molecule has 3 aromatic rings. The Balaban J connectivity index is 2.20. The van der Waals surface area contributed by atoms with E-state index in [-0.39, 0.29) is 17.5 Å². The number of rotatable bonds is 11. The van der Waals surface area contributed by atoms with Crippen molar-refractivity contribution in [1.82, 2.24) is 10.6 Å². The molecular weight excluding hydrogens is 494 g/mol. The lowest BCUT2D eigenvalue weighted by Crippen LogP contribution is -2.52. The molecule has 0 aliphatic rings. The van der Waals surface area contributed by atoms with Gasteiger partial charge in [-0.25, -0.2) is 22.4 Å². The first-order valence-corrected chi connectivity index (χ1v) is 11.9.